The molecule has 4 aliphatic rings. The maximum absolute atomic E-state index is 17.6. The molecule has 1 saturated carbocycles. The Labute approximate surface area is 325 Å². The minimum atomic E-state index is -0.846. The molecule has 1 aliphatic carbocycles. The number of benzene rings is 1. The average molecular weight is 790 g/mol. The number of nitriles is 1. The third-order valence-electron chi connectivity index (χ3n) is 10.4. The van der Waals surface area contributed by atoms with Crippen molar-refractivity contribution in [1.29, 1.82) is 5.26 Å². The molecule has 2 amide bonds. The molecule has 0 radical (unpaired) electrons. The van der Waals surface area contributed by atoms with Gasteiger partial charge in [-0.25, -0.2) is 18.4 Å². The van der Waals surface area contributed by atoms with E-state index in [4.69, 9.17) is 23.9 Å². The molecule has 4 aromatic rings. The van der Waals surface area contributed by atoms with E-state index in [0.29, 0.717) is 48.3 Å². The Balaban J connectivity index is 1.29. The second-order valence-electron chi connectivity index (χ2n) is 16.8. The van der Waals surface area contributed by atoms with Crippen LogP contribution in [0.15, 0.2) is 6.20 Å². The number of nitrogens with zero attached hydrogens (tertiary/aromatic N) is 6. The van der Waals surface area contributed by atoms with Crippen molar-refractivity contribution in [3.63, 3.8) is 0 Å². The van der Waals surface area contributed by atoms with Gasteiger partial charge in [0.05, 0.1) is 46.2 Å². The summed E-state index contributed by atoms with van der Waals surface area (Å²) in [6.07, 6.45) is 3.34. The van der Waals surface area contributed by atoms with E-state index in [1.807, 2.05) is 20.8 Å². The molecular formula is C39H41F2N7O7S. The third kappa shape index (κ3) is 6.72. The van der Waals surface area contributed by atoms with Crippen LogP contribution in [-0.2, 0) is 32.2 Å². The van der Waals surface area contributed by atoms with Crippen molar-refractivity contribution in [2.45, 2.75) is 104 Å². The van der Waals surface area contributed by atoms with Crippen molar-refractivity contribution in [3.8, 4) is 23.3 Å². The van der Waals surface area contributed by atoms with E-state index < -0.39 is 40.4 Å². The van der Waals surface area contributed by atoms with Gasteiger partial charge in [0, 0.05) is 36.1 Å². The lowest BCUT2D eigenvalue weighted by Gasteiger charge is -2.42. The minimum absolute atomic E-state index is 0.0112. The predicted octanol–water partition coefficient (Wildman–Crippen LogP) is 7.38. The fourth-order valence-corrected chi connectivity index (χ4v) is 8.77. The van der Waals surface area contributed by atoms with Gasteiger partial charge < -0.3 is 33.5 Å². The van der Waals surface area contributed by atoms with Crippen molar-refractivity contribution in [2.75, 3.05) is 29.9 Å². The zero-order valence-electron chi connectivity index (χ0n) is 31.9. The lowest BCUT2D eigenvalue weighted by Crippen LogP contribution is -2.56. The number of likely N-dealkylation sites (tertiary alicyclic amines) is 1. The van der Waals surface area contributed by atoms with Crippen molar-refractivity contribution < 1.29 is 42.1 Å². The molecule has 17 heteroatoms. The number of aromatic nitrogens is 3. The van der Waals surface area contributed by atoms with E-state index in [9.17, 15) is 19.6 Å². The monoisotopic (exact) mass is 789 g/mol. The fraction of sp³-hybridized carbons (Fsp3) is 0.513. The molecule has 294 valence electrons. The second-order valence-corrected chi connectivity index (χ2v) is 17.9. The van der Waals surface area contributed by atoms with Crippen LogP contribution in [-0.4, -0.2) is 81.3 Å². The molecule has 2 unspecified atom stereocenters. The summed E-state index contributed by atoms with van der Waals surface area (Å²) in [5, 5.41) is 13.4. The zero-order valence-corrected chi connectivity index (χ0v) is 32.7. The van der Waals surface area contributed by atoms with Gasteiger partial charge in [-0.2, -0.15) is 15.2 Å². The Morgan fingerprint density at radius 3 is 2.36 bits per heavy atom. The van der Waals surface area contributed by atoms with E-state index in [-0.39, 0.29) is 75.3 Å². The number of thiophene rings is 1. The van der Waals surface area contributed by atoms with Gasteiger partial charge in [0.1, 0.15) is 46.5 Å². The smallest absolute Gasteiger partial charge is 0.412 e. The summed E-state index contributed by atoms with van der Waals surface area (Å²) in [7, 11) is 0. The van der Waals surface area contributed by atoms with Crippen LogP contribution in [0.2, 0.25) is 0 Å². The van der Waals surface area contributed by atoms with Crippen molar-refractivity contribution in [1.82, 2.24) is 19.9 Å². The highest BCUT2D eigenvalue weighted by Gasteiger charge is 2.46. The molecular weight excluding hydrogens is 749 g/mol. The number of ether oxygens (including phenoxy) is 4. The maximum Gasteiger partial charge on any atom is 0.412 e. The molecule has 1 N–H and O–H groups in total. The summed E-state index contributed by atoms with van der Waals surface area (Å²) in [5.74, 6) is -1.16. The lowest BCUT2D eigenvalue weighted by molar-refractivity contribution is -0.113. The first-order chi connectivity index (χ1) is 26.5. The van der Waals surface area contributed by atoms with Gasteiger partial charge in [-0.05, 0) is 78.4 Å². The summed E-state index contributed by atoms with van der Waals surface area (Å²) in [4.78, 5) is 55.4. The Kier molecular flexibility index (Phi) is 9.07. The van der Waals surface area contributed by atoms with Crippen LogP contribution in [0.1, 0.15) is 83.9 Å². The maximum atomic E-state index is 17.6. The molecule has 1 aromatic carbocycles. The number of piperazine rings is 1. The number of aldehydes is 1. The van der Waals surface area contributed by atoms with E-state index in [2.05, 4.69) is 26.3 Å². The fourth-order valence-electron chi connectivity index (χ4n) is 7.73. The number of amides is 2. The Hall–Kier alpha value is -5.21. The van der Waals surface area contributed by atoms with Gasteiger partial charge in [-0.3, -0.25) is 10.3 Å². The predicted molar refractivity (Wildman–Crippen MR) is 201 cm³/mol. The van der Waals surface area contributed by atoms with Crippen LogP contribution in [0.3, 0.4) is 0 Å². The van der Waals surface area contributed by atoms with Crippen LogP contribution >= 0.6 is 11.3 Å². The molecule has 3 aromatic heterocycles. The second kappa shape index (κ2) is 13.5. The largest absolute Gasteiger partial charge is 0.462 e. The number of hydrogen-bond acceptors (Lipinski definition) is 13. The zero-order chi connectivity index (χ0) is 39.9. The number of fused-ring (bicyclic) bond motifs is 6. The number of carbonyl (C=O) groups excluding carboxylic acids is 3. The normalized spacial score (nSPS) is 19.8. The first kappa shape index (κ1) is 37.7. The van der Waals surface area contributed by atoms with E-state index >= 15 is 8.78 Å². The van der Waals surface area contributed by atoms with Crippen molar-refractivity contribution >= 4 is 61.6 Å². The van der Waals surface area contributed by atoms with E-state index in [1.165, 1.54) is 0 Å². The highest BCUT2D eigenvalue weighted by molar-refractivity contribution is 7.23. The molecule has 3 fully saturated rings. The average Bonchev–Trinajstić information content (AvgIpc) is 3.43. The Morgan fingerprint density at radius 1 is 1.05 bits per heavy atom. The summed E-state index contributed by atoms with van der Waals surface area (Å²) in [6.45, 7) is 11.3. The number of nitrogens with one attached hydrogen (secondary N) is 1. The molecule has 0 spiro atoms. The van der Waals surface area contributed by atoms with Gasteiger partial charge in [0.25, 0.3) is 0 Å². The summed E-state index contributed by atoms with van der Waals surface area (Å²) >= 11 is 0.813. The first-order valence-corrected chi connectivity index (χ1v) is 19.3. The summed E-state index contributed by atoms with van der Waals surface area (Å²) < 4.78 is 56.2. The number of hydrogen-bond donors (Lipinski definition) is 1. The van der Waals surface area contributed by atoms with E-state index in [0.717, 1.165) is 36.7 Å². The summed E-state index contributed by atoms with van der Waals surface area (Å²) in [5.41, 5.74) is -1.42. The number of pyridine rings is 1. The van der Waals surface area contributed by atoms with Crippen LogP contribution in [0.5, 0.6) is 6.01 Å². The molecule has 6 heterocycles. The third-order valence-corrected chi connectivity index (χ3v) is 11.5. The number of halogens is 2. The molecule has 8 rings (SSSR count). The highest BCUT2D eigenvalue weighted by Crippen LogP contribution is 2.49. The molecule has 2 atom stereocenters. The molecule has 2 bridgehead atoms. The first-order valence-electron chi connectivity index (χ1n) is 18.5. The lowest BCUT2D eigenvalue weighted by atomic mass is 9.93. The van der Waals surface area contributed by atoms with Crippen LogP contribution in [0.25, 0.3) is 32.2 Å². The molecule has 3 aliphatic heterocycles. The number of carbonyl (C=O) groups is 3. The quantitative estimate of drug-likeness (QED) is 0.185. The number of rotatable bonds is 7. The van der Waals surface area contributed by atoms with Crippen molar-refractivity contribution in [3.05, 3.63) is 34.5 Å². The minimum Gasteiger partial charge on any atom is -0.462 e. The van der Waals surface area contributed by atoms with Crippen molar-refractivity contribution in [2.24, 2.45) is 5.41 Å². The van der Waals surface area contributed by atoms with Gasteiger partial charge in [0.2, 0.25) is 0 Å². The summed E-state index contributed by atoms with van der Waals surface area (Å²) in [6, 6.07) is 1.55. The van der Waals surface area contributed by atoms with Gasteiger partial charge in [-0.15, -0.1) is 11.3 Å². The van der Waals surface area contributed by atoms with Gasteiger partial charge in [0.15, 0.2) is 11.6 Å². The highest BCUT2D eigenvalue weighted by atomic mass is 32.1. The van der Waals surface area contributed by atoms with Gasteiger partial charge >= 0.3 is 18.2 Å². The molecule has 56 heavy (non-hydrogen) atoms. The Morgan fingerprint density at radius 2 is 1.73 bits per heavy atom. The topological polar surface area (TPSA) is 169 Å². The van der Waals surface area contributed by atoms with Crippen LogP contribution in [0, 0.1) is 28.4 Å². The molecule has 14 nitrogen and oxygen atoms in total. The number of anilines is 2. The van der Waals surface area contributed by atoms with Crippen LogP contribution < -0.4 is 15.0 Å². The molecule has 2 saturated heterocycles. The standard InChI is InChI=1S/C39H41F2N7O7S/c1-37(2,3)54-35(50)46-33-21(11-42)26-29(43-12-24(40)31(26)56-33)25-22-15-52-16-23(22)27-30(28(25)41)44-34(53-18-39(17-49)9-10-39)45-32(27)48-19-7-8-20(48)14-47(13-19)36(51)55-38(4,5)6/h12,17,19-20H,7-10,13-16,18H2,1-6H3,(H,46,50). The van der Waals surface area contributed by atoms with Crippen LogP contribution in [0.4, 0.5) is 29.2 Å². The van der Waals surface area contributed by atoms with Gasteiger partial charge in [-0.1, -0.05) is 0 Å². The van der Waals surface area contributed by atoms with E-state index in [1.54, 1.807) is 25.7 Å². The Bertz CT molecular complexity index is 2350. The SMILES string of the molecule is CC(C)(C)OC(=O)Nc1sc2c(F)cnc(-c3c4c(c5c(N6C7CCC6CN(C(=O)OC(C)(C)C)C7)nc(OCC6(C=O)CC6)nc5c3F)COC4)c2c1C#N.